The summed E-state index contributed by atoms with van der Waals surface area (Å²) in [6.07, 6.45) is -0.530. The Morgan fingerprint density at radius 2 is 0.658 bits per heavy atom. The maximum atomic E-state index is 12.2. The first-order valence-corrected chi connectivity index (χ1v) is 32.9. The molecule has 4 saturated heterocycles. The third kappa shape index (κ3) is 20.6. The van der Waals surface area contributed by atoms with E-state index >= 15 is 0 Å². The molecule has 8 rings (SSSR count). The van der Waals surface area contributed by atoms with Crippen LogP contribution >= 0.6 is 0 Å². The lowest BCUT2D eigenvalue weighted by atomic mass is 9.90. The van der Waals surface area contributed by atoms with E-state index < -0.39 is 90.5 Å². The zero-order valence-corrected chi connectivity index (χ0v) is 48.2. The standard InChI is InChI=1S/4C15H23NO2S/c4*1-3-9-16-10-5-7-14(12-16)13-6-4-8-15(11-13)19(2,17)18/h4*4,6,8,11,14H,3,5,7,9-10,12H2,1-2H3/t4*14-/m1111/s1/i2D3,3D2,9D2;3D2,9D2;2D3,9D2;9D2. The van der Waals surface area contributed by atoms with Gasteiger partial charge >= 0.3 is 0 Å². The van der Waals surface area contributed by atoms with E-state index in [-0.39, 0.29) is 44.9 Å². The Kier molecular flexibility index (Phi) is 16.5. The third-order valence-corrected chi connectivity index (χ3v) is 17.8. The van der Waals surface area contributed by atoms with Crippen molar-refractivity contribution >= 4 is 39.3 Å². The van der Waals surface area contributed by atoms with Crippen molar-refractivity contribution in [3.63, 3.8) is 0 Å². The smallest absolute Gasteiger partial charge is 0.175 e. The highest BCUT2D eigenvalue weighted by Crippen LogP contribution is 2.32. The fraction of sp³-hybridized carbons (Fsp3) is 0.600. The van der Waals surface area contributed by atoms with Crippen LogP contribution in [0.1, 0.15) is 175 Å². The molecule has 4 atom stereocenters. The first-order chi connectivity index (χ1) is 42.8. The van der Waals surface area contributed by atoms with E-state index in [1.54, 1.807) is 66.4 Å². The Hall–Kier alpha value is -3.48. The van der Waals surface area contributed by atoms with Crippen LogP contribution in [-0.4, -0.2) is 156 Å². The summed E-state index contributed by atoms with van der Waals surface area (Å²) in [6.45, 7) is 3.32. The minimum atomic E-state index is -4.45. The number of nitrogens with zero attached hydrogens (tertiary/aromatic N) is 4. The second-order valence-electron chi connectivity index (χ2n) is 19.7. The van der Waals surface area contributed by atoms with Gasteiger partial charge in [-0.2, -0.15) is 0 Å². The summed E-state index contributed by atoms with van der Waals surface area (Å²) in [7, 11) is -15.3. The molecule has 0 N–H and O–H groups in total. The van der Waals surface area contributed by atoms with Gasteiger partial charge in [0, 0.05) is 75.7 Å². The summed E-state index contributed by atoms with van der Waals surface area (Å²) < 4.78 is 234. The molecule has 0 amide bonds. The predicted octanol–water partition coefficient (Wildman–Crippen LogP) is 10.7. The SMILES string of the molecule is [2H]C([2H])(C)C([2H])([2H])N1CCC[C@@H](c2cccc(S(=O)(=O)C([2H])([2H])[2H])c2)C1.[2H]C([2H])(C)C([2H])([2H])N1CCC[C@@H](c2cccc(S(C)(=O)=O)c2)C1.[2H]C([2H])(CC)N1CCC[C@@H](c2cccc(S(=O)(=O)C([2H])([2H])[2H])c2)C1.[2H]C([2H])(CC)N1CCC[C@@H](c2cccc(S(C)(=O)=O)c2)C1. The lowest BCUT2D eigenvalue weighted by molar-refractivity contribution is 0.208. The first-order valence-electron chi connectivity index (χ1n) is 35.1. The molecule has 0 unspecified atom stereocenters. The number of hydrogen-bond acceptors (Lipinski definition) is 12. The van der Waals surface area contributed by atoms with Crippen LogP contribution in [0.5, 0.6) is 0 Å². The van der Waals surface area contributed by atoms with Crippen LogP contribution in [0.15, 0.2) is 117 Å². The van der Waals surface area contributed by atoms with Crippen molar-refractivity contribution in [3.8, 4) is 0 Å². The lowest BCUT2D eigenvalue weighted by Gasteiger charge is -2.32. The summed E-state index contributed by atoms with van der Waals surface area (Å²) in [4.78, 5) is 6.77. The number of likely N-dealkylation sites (tertiary alicyclic amines) is 4. The fourth-order valence-corrected chi connectivity index (χ4v) is 12.6. The zero-order valence-electron chi connectivity index (χ0n) is 63.0. The van der Waals surface area contributed by atoms with Gasteiger partial charge in [-0.15, -0.1) is 0 Å². The van der Waals surface area contributed by atoms with E-state index in [9.17, 15) is 33.7 Å². The largest absolute Gasteiger partial charge is 0.303 e. The maximum absolute atomic E-state index is 12.2. The summed E-state index contributed by atoms with van der Waals surface area (Å²) in [5, 5.41) is 0. The van der Waals surface area contributed by atoms with Gasteiger partial charge in [0.25, 0.3) is 0 Å². The molecule has 4 aromatic carbocycles. The molecule has 4 heterocycles. The molecule has 0 aliphatic carbocycles. The molecule has 4 fully saturated rings. The Morgan fingerprint density at radius 3 is 0.882 bits per heavy atom. The number of hydrogen-bond donors (Lipinski definition) is 0. The average molecular weight is 1140 g/mol. The molecule has 0 radical (unpaired) electrons. The van der Waals surface area contributed by atoms with E-state index in [0.717, 1.165) is 61.8 Å². The van der Waals surface area contributed by atoms with Gasteiger partial charge in [-0.1, -0.05) is 76.2 Å². The van der Waals surface area contributed by atoms with E-state index in [1.165, 1.54) is 66.5 Å². The van der Waals surface area contributed by atoms with Crippen LogP contribution in [0, 0.1) is 0 Å². The summed E-state index contributed by atoms with van der Waals surface area (Å²) in [5.74, 6) is -0.00926. The van der Waals surface area contributed by atoms with Gasteiger partial charge in [-0.25, -0.2) is 33.7 Å². The molecule has 4 aromatic rings. The Bertz CT molecular complexity index is 3660. The Labute approximate surface area is 486 Å². The van der Waals surface area contributed by atoms with Crippen molar-refractivity contribution < 1.29 is 58.3 Å². The van der Waals surface area contributed by atoms with Gasteiger partial charge in [-0.05, 0) is 224 Å². The number of benzene rings is 4. The van der Waals surface area contributed by atoms with Crippen molar-refractivity contribution in [1.29, 1.82) is 0 Å². The van der Waals surface area contributed by atoms with Gasteiger partial charge in [0.1, 0.15) is 0 Å². The van der Waals surface area contributed by atoms with Gasteiger partial charge in [0.05, 0.1) is 19.6 Å². The molecule has 4 aliphatic heterocycles. The normalized spacial score (nSPS) is 26.4. The van der Waals surface area contributed by atoms with Gasteiger partial charge in [-0.3, -0.25) is 0 Å². The lowest BCUT2D eigenvalue weighted by Crippen LogP contribution is -2.34. The zero-order chi connectivity index (χ0) is 71.3. The van der Waals surface area contributed by atoms with Crippen molar-refractivity contribution in [3.05, 3.63) is 119 Å². The van der Waals surface area contributed by atoms with Crippen molar-refractivity contribution in [2.75, 3.05) is 103 Å². The average Bonchev–Trinajstić information content (AvgIpc) is 0.797. The number of rotatable bonds is 16. The van der Waals surface area contributed by atoms with Crippen LogP contribution in [0.25, 0.3) is 0 Å². The topological polar surface area (TPSA) is 150 Å². The highest BCUT2D eigenvalue weighted by atomic mass is 32.2. The van der Waals surface area contributed by atoms with Gasteiger partial charge in [0.15, 0.2) is 39.3 Å². The van der Waals surface area contributed by atoms with E-state index in [4.69, 9.17) is 24.7 Å². The van der Waals surface area contributed by atoms with Gasteiger partial charge in [0.2, 0.25) is 0 Å². The molecular weight excluding hydrogens is 1030 g/mol. The molecule has 0 aromatic heterocycles. The minimum absolute atomic E-state index is 0.00266. The predicted molar refractivity (Wildman–Crippen MR) is 313 cm³/mol. The second kappa shape index (κ2) is 30.2. The maximum Gasteiger partial charge on any atom is 0.175 e. The molecule has 76 heavy (non-hydrogen) atoms. The number of piperidine rings is 4. The van der Waals surface area contributed by atoms with Crippen LogP contribution in [-0.2, 0) is 39.3 Å². The summed E-state index contributed by atoms with van der Waals surface area (Å²) in [6, 6.07) is 25.7. The van der Waals surface area contributed by atoms with Crippen LogP contribution in [0.4, 0.5) is 0 Å². The quantitative estimate of drug-likeness (QED) is 0.105. The second-order valence-corrected chi connectivity index (χ2v) is 26.7. The molecule has 0 bridgehead atoms. The molecule has 0 spiro atoms. The highest BCUT2D eigenvalue weighted by molar-refractivity contribution is 7.91. The van der Waals surface area contributed by atoms with Crippen LogP contribution in [0.3, 0.4) is 0 Å². The van der Waals surface area contributed by atoms with Crippen LogP contribution < -0.4 is 0 Å². The third-order valence-electron chi connectivity index (χ3n) is 13.8. The molecule has 16 heteroatoms. The molecule has 12 nitrogen and oxygen atoms in total. The Balaban J connectivity index is 0.000000228. The number of sulfone groups is 4. The van der Waals surface area contributed by atoms with Crippen molar-refractivity contribution in [2.45, 2.75) is 148 Å². The van der Waals surface area contributed by atoms with E-state index in [0.29, 0.717) is 75.4 Å². The van der Waals surface area contributed by atoms with Crippen molar-refractivity contribution in [1.82, 2.24) is 19.6 Å². The highest BCUT2D eigenvalue weighted by Gasteiger charge is 2.26. The van der Waals surface area contributed by atoms with Crippen LogP contribution in [0.2, 0.25) is 0 Å². The summed E-state index contributed by atoms with van der Waals surface area (Å²) >= 11 is 0. The first kappa shape index (κ1) is 41.5. The Morgan fingerprint density at radius 1 is 0.408 bits per heavy atom. The fourth-order valence-electron chi connectivity index (χ4n) is 10.1. The van der Waals surface area contributed by atoms with E-state index in [2.05, 4.69) is 0 Å². The minimum Gasteiger partial charge on any atom is -0.303 e. The molecule has 0 saturated carbocycles. The van der Waals surface area contributed by atoms with Gasteiger partial charge < -0.3 is 19.6 Å². The molecule has 4 aliphatic rings. The monoisotopic (exact) mass is 1140 g/mol. The molecular formula is C60H92N4O8S4. The molecule has 424 valence electrons. The van der Waals surface area contributed by atoms with Crippen molar-refractivity contribution in [2.24, 2.45) is 0 Å². The summed E-state index contributed by atoms with van der Waals surface area (Å²) in [5.41, 5.74) is 3.23. The van der Waals surface area contributed by atoms with E-state index in [1.807, 2.05) is 24.0 Å².